The Morgan fingerprint density at radius 3 is 2.22 bits per heavy atom. The van der Waals surface area contributed by atoms with Gasteiger partial charge in [0.1, 0.15) is 18.3 Å². The number of nitrogens with zero attached hydrogens (tertiary/aromatic N) is 4. The first kappa shape index (κ1) is 20.9. The first-order valence-corrected chi connectivity index (χ1v) is 10.1. The maximum Gasteiger partial charge on any atom is 0.295 e. The Kier molecular flexibility index (Phi) is 6.31. The third kappa shape index (κ3) is 4.70. The lowest BCUT2D eigenvalue weighted by Gasteiger charge is -2.18. The molecule has 160 valence electrons. The number of carbonyl (C=O) groups excluding carboxylic acids is 1. The van der Waals surface area contributed by atoms with Gasteiger partial charge < -0.3 is 5.32 Å². The molecular formula is C24H21N5O3. The van der Waals surface area contributed by atoms with Gasteiger partial charge in [0.25, 0.3) is 11.6 Å². The standard InChI is InChI=1S/C24H21N5O3/c30-24(20-11-12-22(23(15-20)29(31)32)28-17-25-16-27-28)26-14-13-21(18-7-3-1-4-8-18)19-9-5-2-6-10-19/h1-12,15-17,21H,13-14H2,(H,26,30). The number of nitro benzene ring substituents is 1. The van der Waals surface area contributed by atoms with Crippen molar-refractivity contribution in [1.82, 2.24) is 20.1 Å². The lowest BCUT2D eigenvalue weighted by atomic mass is 9.88. The summed E-state index contributed by atoms with van der Waals surface area (Å²) in [5, 5.41) is 18.3. The van der Waals surface area contributed by atoms with E-state index in [4.69, 9.17) is 0 Å². The number of amides is 1. The zero-order valence-electron chi connectivity index (χ0n) is 17.2. The van der Waals surface area contributed by atoms with Crippen LogP contribution in [-0.4, -0.2) is 32.1 Å². The van der Waals surface area contributed by atoms with Gasteiger partial charge in [-0.25, -0.2) is 9.67 Å². The van der Waals surface area contributed by atoms with Crippen molar-refractivity contribution in [3.63, 3.8) is 0 Å². The van der Waals surface area contributed by atoms with Crippen molar-refractivity contribution in [2.45, 2.75) is 12.3 Å². The van der Waals surface area contributed by atoms with Crippen molar-refractivity contribution >= 4 is 11.6 Å². The highest BCUT2D eigenvalue weighted by atomic mass is 16.6. The molecule has 1 aromatic heterocycles. The molecule has 0 spiro atoms. The molecule has 4 rings (SSSR count). The van der Waals surface area contributed by atoms with Gasteiger partial charge in [-0.1, -0.05) is 60.7 Å². The predicted octanol–water partition coefficient (Wildman–Crippen LogP) is 4.13. The predicted molar refractivity (Wildman–Crippen MR) is 120 cm³/mol. The molecule has 0 atom stereocenters. The highest BCUT2D eigenvalue weighted by Gasteiger charge is 2.20. The molecule has 0 aliphatic heterocycles. The third-order valence-electron chi connectivity index (χ3n) is 5.22. The lowest BCUT2D eigenvalue weighted by Crippen LogP contribution is -2.26. The molecule has 1 heterocycles. The van der Waals surface area contributed by atoms with E-state index in [0.29, 0.717) is 13.0 Å². The summed E-state index contributed by atoms with van der Waals surface area (Å²) >= 11 is 0. The highest BCUT2D eigenvalue weighted by Crippen LogP contribution is 2.27. The summed E-state index contributed by atoms with van der Waals surface area (Å²) in [6, 6.07) is 24.6. The molecule has 3 aromatic carbocycles. The number of benzene rings is 3. The maximum atomic E-state index is 12.7. The van der Waals surface area contributed by atoms with Crippen LogP contribution in [0.2, 0.25) is 0 Å². The van der Waals surface area contributed by atoms with E-state index in [1.54, 1.807) is 6.07 Å². The third-order valence-corrected chi connectivity index (χ3v) is 5.22. The van der Waals surface area contributed by atoms with Gasteiger partial charge in [0, 0.05) is 24.1 Å². The number of nitrogens with one attached hydrogen (secondary N) is 1. The summed E-state index contributed by atoms with van der Waals surface area (Å²) in [6.45, 7) is 0.423. The zero-order valence-corrected chi connectivity index (χ0v) is 17.2. The second-order valence-electron chi connectivity index (χ2n) is 7.22. The summed E-state index contributed by atoms with van der Waals surface area (Å²) in [4.78, 5) is 27.5. The van der Waals surface area contributed by atoms with Crippen LogP contribution < -0.4 is 5.32 Å². The average Bonchev–Trinajstić information content (AvgIpc) is 3.37. The molecule has 4 aromatic rings. The van der Waals surface area contributed by atoms with Gasteiger partial charge in [0.05, 0.1) is 4.92 Å². The van der Waals surface area contributed by atoms with E-state index >= 15 is 0 Å². The van der Waals surface area contributed by atoms with E-state index in [0.717, 1.165) is 0 Å². The SMILES string of the molecule is O=C(NCCC(c1ccccc1)c1ccccc1)c1ccc(-n2cncn2)c([N+](=O)[O-])c1. The fraction of sp³-hybridized carbons (Fsp3) is 0.125. The monoisotopic (exact) mass is 427 g/mol. The number of hydrogen-bond acceptors (Lipinski definition) is 5. The minimum atomic E-state index is -0.533. The smallest absolute Gasteiger partial charge is 0.295 e. The van der Waals surface area contributed by atoms with Crippen LogP contribution in [0.4, 0.5) is 5.69 Å². The average molecular weight is 427 g/mol. The fourth-order valence-corrected chi connectivity index (χ4v) is 3.67. The molecule has 32 heavy (non-hydrogen) atoms. The number of nitro groups is 1. The summed E-state index contributed by atoms with van der Waals surface area (Å²) in [7, 11) is 0. The van der Waals surface area contributed by atoms with E-state index in [-0.39, 0.29) is 28.8 Å². The normalized spacial score (nSPS) is 10.8. The molecule has 0 unspecified atom stereocenters. The van der Waals surface area contributed by atoms with Crippen LogP contribution >= 0.6 is 0 Å². The Labute approximate surface area is 184 Å². The van der Waals surface area contributed by atoms with E-state index in [1.165, 1.54) is 40.6 Å². The van der Waals surface area contributed by atoms with Crippen LogP contribution in [0, 0.1) is 10.1 Å². The van der Waals surface area contributed by atoms with Crippen molar-refractivity contribution in [2.24, 2.45) is 0 Å². The molecule has 8 nitrogen and oxygen atoms in total. The first-order chi connectivity index (χ1) is 15.6. The van der Waals surface area contributed by atoms with E-state index in [9.17, 15) is 14.9 Å². The van der Waals surface area contributed by atoms with E-state index < -0.39 is 4.92 Å². The van der Waals surface area contributed by atoms with Gasteiger partial charge in [0.2, 0.25) is 0 Å². The molecule has 0 radical (unpaired) electrons. The van der Waals surface area contributed by atoms with Crippen molar-refractivity contribution in [3.05, 3.63) is 118 Å². The Morgan fingerprint density at radius 1 is 1.00 bits per heavy atom. The number of hydrogen-bond donors (Lipinski definition) is 1. The van der Waals surface area contributed by atoms with Crippen molar-refractivity contribution in [2.75, 3.05) is 6.54 Å². The van der Waals surface area contributed by atoms with Crippen LogP contribution in [0.1, 0.15) is 33.8 Å². The Morgan fingerprint density at radius 2 is 1.66 bits per heavy atom. The molecule has 0 saturated carbocycles. The molecule has 0 aliphatic carbocycles. The lowest BCUT2D eigenvalue weighted by molar-refractivity contribution is -0.384. The molecular weight excluding hydrogens is 406 g/mol. The van der Waals surface area contributed by atoms with Crippen molar-refractivity contribution in [1.29, 1.82) is 0 Å². The summed E-state index contributed by atoms with van der Waals surface area (Å²) in [5.74, 6) is -0.236. The van der Waals surface area contributed by atoms with Crippen LogP contribution in [0.3, 0.4) is 0 Å². The van der Waals surface area contributed by atoms with Gasteiger partial charge in [0.15, 0.2) is 0 Å². The fourth-order valence-electron chi connectivity index (χ4n) is 3.67. The Hall–Kier alpha value is -4.33. The summed E-state index contributed by atoms with van der Waals surface area (Å²) in [5.41, 5.74) is 2.59. The number of rotatable bonds is 8. The first-order valence-electron chi connectivity index (χ1n) is 10.1. The topological polar surface area (TPSA) is 103 Å². The summed E-state index contributed by atoms with van der Waals surface area (Å²) < 4.78 is 1.30. The zero-order chi connectivity index (χ0) is 22.3. The molecule has 8 heteroatoms. The number of aromatic nitrogens is 3. The van der Waals surface area contributed by atoms with E-state index in [2.05, 4.69) is 39.7 Å². The second-order valence-corrected chi connectivity index (χ2v) is 7.22. The molecule has 0 bridgehead atoms. The van der Waals surface area contributed by atoms with Crippen LogP contribution in [-0.2, 0) is 0 Å². The van der Waals surface area contributed by atoms with Gasteiger partial charge in [-0.3, -0.25) is 14.9 Å². The number of carbonyl (C=O) groups is 1. The van der Waals surface area contributed by atoms with Gasteiger partial charge in [-0.05, 0) is 29.7 Å². The van der Waals surface area contributed by atoms with Crippen LogP contribution in [0.15, 0.2) is 91.5 Å². The Balaban J connectivity index is 1.48. The minimum Gasteiger partial charge on any atom is -0.352 e. The van der Waals surface area contributed by atoms with Crippen LogP contribution in [0.25, 0.3) is 5.69 Å². The van der Waals surface area contributed by atoms with Gasteiger partial charge in [-0.15, -0.1) is 0 Å². The molecule has 1 amide bonds. The molecule has 0 aliphatic rings. The van der Waals surface area contributed by atoms with Crippen molar-refractivity contribution < 1.29 is 9.72 Å². The maximum absolute atomic E-state index is 12.7. The van der Waals surface area contributed by atoms with E-state index in [1.807, 2.05) is 36.4 Å². The Bertz CT molecular complexity index is 1160. The molecule has 0 fully saturated rings. The highest BCUT2D eigenvalue weighted by molar-refractivity contribution is 5.95. The van der Waals surface area contributed by atoms with Crippen molar-refractivity contribution in [3.8, 4) is 5.69 Å². The molecule has 1 N–H and O–H groups in total. The molecule has 0 saturated heterocycles. The largest absolute Gasteiger partial charge is 0.352 e. The quantitative estimate of drug-likeness (QED) is 0.336. The minimum absolute atomic E-state index is 0.127. The summed E-state index contributed by atoms with van der Waals surface area (Å²) in [6.07, 6.45) is 3.36. The van der Waals surface area contributed by atoms with Gasteiger partial charge in [-0.2, -0.15) is 5.10 Å². The van der Waals surface area contributed by atoms with Crippen LogP contribution in [0.5, 0.6) is 0 Å². The second kappa shape index (κ2) is 9.65. The van der Waals surface area contributed by atoms with Gasteiger partial charge >= 0.3 is 0 Å².